The Morgan fingerprint density at radius 1 is 1.03 bits per heavy atom. The van der Waals surface area contributed by atoms with Gasteiger partial charge in [0.1, 0.15) is 11.6 Å². The number of anilines is 2. The van der Waals surface area contributed by atoms with E-state index < -0.39 is 21.7 Å². The highest BCUT2D eigenvalue weighted by Crippen LogP contribution is 2.26. The Morgan fingerprint density at radius 3 is 2.39 bits per heavy atom. The molecule has 31 heavy (non-hydrogen) atoms. The highest BCUT2D eigenvalue weighted by molar-refractivity contribution is 7.92. The lowest BCUT2D eigenvalue weighted by atomic mass is 10.2. The lowest BCUT2D eigenvalue weighted by Gasteiger charge is -2.13. The zero-order valence-electron chi connectivity index (χ0n) is 16.2. The number of benzene rings is 3. The van der Waals surface area contributed by atoms with Crippen LogP contribution < -0.4 is 14.8 Å². The van der Waals surface area contributed by atoms with Crippen LogP contribution in [0.4, 0.5) is 15.8 Å². The number of carbonyl (C=O) groups excluding carboxylic acids is 1. The fourth-order valence-corrected chi connectivity index (χ4v) is 4.20. The lowest BCUT2D eigenvalue weighted by molar-refractivity contribution is -0.118. The summed E-state index contributed by atoms with van der Waals surface area (Å²) in [5, 5.41) is 3.34. The molecule has 0 aliphatic rings. The molecular formula is C21H17Cl2FN2O4S. The third-order valence-corrected chi connectivity index (χ3v) is 6.04. The second-order valence-electron chi connectivity index (χ2n) is 6.50. The molecule has 2 N–H and O–H groups in total. The summed E-state index contributed by atoms with van der Waals surface area (Å²) in [5.74, 6) is -0.570. The van der Waals surface area contributed by atoms with Gasteiger partial charge >= 0.3 is 0 Å². The van der Waals surface area contributed by atoms with Crippen LogP contribution in [0.15, 0.2) is 65.6 Å². The van der Waals surface area contributed by atoms with Crippen LogP contribution >= 0.6 is 23.2 Å². The van der Waals surface area contributed by atoms with Gasteiger partial charge in [-0.05, 0) is 73.2 Å². The highest BCUT2D eigenvalue weighted by atomic mass is 35.5. The van der Waals surface area contributed by atoms with Crippen LogP contribution in [0.1, 0.15) is 5.56 Å². The average Bonchev–Trinajstić information content (AvgIpc) is 2.70. The highest BCUT2D eigenvalue weighted by Gasteiger charge is 2.16. The minimum atomic E-state index is -3.88. The summed E-state index contributed by atoms with van der Waals surface area (Å²) >= 11 is 11.8. The van der Waals surface area contributed by atoms with Crippen molar-refractivity contribution in [2.24, 2.45) is 0 Å². The van der Waals surface area contributed by atoms with E-state index in [2.05, 4.69) is 10.0 Å². The van der Waals surface area contributed by atoms with E-state index in [-0.39, 0.29) is 17.2 Å². The van der Waals surface area contributed by atoms with Gasteiger partial charge in [-0.3, -0.25) is 9.52 Å². The van der Waals surface area contributed by atoms with E-state index >= 15 is 0 Å². The van der Waals surface area contributed by atoms with E-state index in [1.165, 1.54) is 36.4 Å². The molecule has 3 rings (SSSR count). The molecule has 3 aromatic carbocycles. The van der Waals surface area contributed by atoms with Crippen molar-refractivity contribution in [3.05, 3.63) is 82.1 Å². The molecule has 0 saturated heterocycles. The Labute approximate surface area is 189 Å². The first-order valence-corrected chi connectivity index (χ1v) is 11.1. The summed E-state index contributed by atoms with van der Waals surface area (Å²) < 4.78 is 46.0. The standard InChI is InChI=1S/C21H17Cl2FN2O4S/c1-13-10-17(31(28,29)26-16-5-3-15(24)4-6-16)7-9-20(13)30-12-21(27)25-19-8-2-14(22)11-18(19)23/h2-11,26H,12H2,1H3,(H,25,27). The molecule has 0 radical (unpaired) electrons. The van der Waals surface area contributed by atoms with Gasteiger partial charge in [0.25, 0.3) is 15.9 Å². The molecule has 3 aromatic rings. The van der Waals surface area contributed by atoms with Crippen molar-refractivity contribution in [3.63, 3.8) is 0 Å². The molecular weight excluding hydrogens is 466 g/mol. The molecule has 10 heteroatoms. The van der Waals surface area contributed by atoms with Crippen molar-refractivity contribution < 1.29 is 22.3 Å². The summed E-state index contributed by atoms with van der Waals surface area (Å²) in [6.45, 7) is 1.35. The van der Waals surface area contributed by atoms with Crippen LogP contribution in [0.25, 0.3) is 0 Å². The van der Waals surface area contributed by atoms with Gasteiger partial charge in [-0.25, -0.2) is 12.8 Å². The van der Waals surface area contributed by atoms with Crippen LogP contribution in [0.3, 0.4) is 0 Å². The van der Waals surface area contributed by atoms with Crippen LogP contribution in [0, 0.1) is 12.7 Å². The number of carbonyl (C=O) groups is 1. The summed E-state index contributed by atoms with van der Waals surface area (Å²) in [5.41, 5.74) is 1.14. The topological polar surface area (TPSA) is 84.5 Å². The smallest absolute Gasteiger partial charge is 0.262 e. The van der Waals surface area contributed by atoms with E-state index in [0.717, 1.165) is 12.1 Å². The molecule has 0 bridgehead atoms. The monoisotopic (exact) mass is 482 g/mol. The predicted octanol–water partition coefficient (Wildman–Crippen LogP) is 5.26. The largest absolute Gasteiger partial charge is 0.483 e. The van der Waals surface area contributed by atoms with Crippen LogP contribution in [-0.4, -0.2) is 20.9 Å². The first-order chi connectivity index (χ1) is 14.6. The van der Waals surface area contributed by atoms with E-state index in [4.69, 9.17) is 27.9 Å². The van der Waals surface area contributed by atoms with E-state index in [1.54, 1.807) is 19.1 Å². The number of hydrogen-bond donors (Lipinski definition) is 2. The molecule has 0 atom stereocenters. The van der Waals surface area contributed by atoms with Crippen molar-refractivity contribution in [2.45, 2.75) is 11.8 Å². The number of amides is 1. The zero-order valence-corrected chi connectivity index (χ0v) is 18.5. The number of ether oxygens (including phenoxy) is 1. The maximum atomic E-state index is 13.0. The molecule has 0 aliphatic heterocycles. The normalized spacial score (nSPS) is 11.1. The maximum absolute atomic E-state index is 13.0. The number of sulfonamides is 1. The lowest BCUT2D eigenvalue weighted by Crippen LogP contribution is -2.20. The van der Waals surface area contributed by atoms with Crippen molar-refractivity contribution in [1.29, 1.82) is 0 Å². The molecule has 1 amide bonds. The first-order valence-electron chi connectivity index (χ1n) is 8.91. The Bertz CT molecular complexity index is 1220. The molecule has 0 heterocycles. The minimum absolute atomic E-state index is 0.000859. The predicted molar refractivity (Wildman–Crippen MR) is 119 cm³/mol. The van der Waals surface area contributed by atoms with Crippen molar-refractivity contribution in [1.82, 2.24) is 0 Å². The summed E-state index contributed by atoms with van der Waals surface area (Å²) in [4.78, 5) is 12.1. The Kier molecular flexibility index (Phi) is 7.04. The molecule has 0 aliphatic carbocycles. The molecule has 6 nitrogen and oxygen atoms in total. The van der Waals surface area contributed by atoms with Crippen LogP contribution in [-0.2, 0) is 14.8 Å². The molecule has 162 valence electrons. The van der Waals surface area contributed by atoms with Gasteiger partial charge in [0.2, 0.25) is 0 Å². The van der Waals surface area contributed by atoms with Gasteiger partial charge in [0, 0.05) is 10.7 Å². The number of halogens is 3. The summed E-state index contributed by atoms with van der Waals surface area (Å²) in [6.07, 6.45) is 0. The van der Waals surface area contributed by atoms with Gasteiger partial charge in [-0.15, -0.1) is 0 Å². The van der Waals surface area contributed by atoms with E-state index in [0.29, 0.717) is 27.0 Å². The maximum Gasteiger partial charge on any atom is 0.262 e. The fourth-order valence-electron chi connectivity index (χ4n) is 2.60. The number of hydrogen-bond acceptors (Lipinski definition) is 4. The number of rotatable bonds is 7. The van der Waals surface area contributed by atoms with Crippen LogP contribution in [0.2, 0.25) is 10.0 Å². The fraction of sp³-hybridized carbons (Fsp3) is 0.0952. The number of nitrogens with one attached hydrogen (secondary N) is 2. The SMILES string of the molecule is Cc1cc(S(=O)(=O)Nc2ccc(F)cc2)ccc1OCC(=O)Nc1ccc(Cl)cc1Cl. The second kappa shape index (κ2) is 9.55. The van der Waals surface area contributed by atoms with Crippen molar-refractivity contribution in [3.8, 4) is 5.75 Å². The molecule has 0 fully saturated rings. The summed E-state index contributed by atoms with van der Waals surface area (Å²) in [7, 11) is -3.88. The van der Waals surface area contributed by atoms with E-state index in [1.807, 2.05) is 0 Å². The van der Waals surface area contributed by atoms with Gasteiger partial charge in [-0.2, -0.15) is 0 Å². The first kappa shape index (κ1) is 22.9. The molecule has 0 spiro atoms. The second-order valence-corrected chi connectivity index (χ2v) is 9.03. The zero-order chi connectivity index (χ0) is 22.6. The Balaban J connectivity index is 1.64. The third-order valence-electron chi connectivity index (χ3n) is 4.12. The van der Waals surface area contributed by atoms with Gasteiger partial charge < -0.3 is 10.1 Å². The molecule has 0 saturated carbocycles. The van der Waals surface area contributed by atoms with Gasteiger partial charge in [0.05, 0.1) is 15.6 Å². The van der Waals surface area contributed by atoms with Crippen molar-refractivity contribution in [2.75, 3.05) is 16.6 Å². The summed E-state index contributed by atoms with van der Waals surface area (Å²) in [6, 6.07) is 13.8. The van der Waals surface area contributed by atoms with E-state index in [9.17, 15) is 17.6 Å². The quantitative estimate of drug-likeness (QED) is 0.480. The molecule has 0 aromatic heterocycles. The number of aryl methyl sites for hydroxylation is 1. The average molecular weight is 483 g/mol. The van der Waals surface area contributed by atoms with Gasteiger partial charge in [0.15, 0.2) is 6.61 Å². The Morgan fingerprint density at radius 2 is 1.74 bits per heavy atom. The van der Waals surface area contributed by atoms with Crippen molar-refractivity contribution >= 4 is 50.5 Å². The molecule has 0 unspecified atom stereocenters. The third kappa shape index (κ3) is 6.10. The Hall–Kier alpha value is -2.81. The van der Waals surface area contributed by atoms with Crippen LogP contribution in [0.5, 0.6) is 5.75 Å². The minimum Gasteiger partial charge on any atom is -0.483 e. The van der Waals surface area contributed by atoms with Gasteiger partial charge in [-0.1, -0.05) is 23.2 Å².